The monoisotopic (exact) mass is 446 g/mol. The van der Waals surface area contributed by atoms with Crippen LogP contribution in [-0.2, 0) is 20.1 Å². The Bertz CT molecular complexity index is 633. The maximum Gasteiger partial charge on any atom is 0.194 e. The first-order chi connectivity index (χ1) is 11.3. The van der Waals surface area contributed by atoms with Crippen molar-refractivity contribution >= 4 is 29.9 Å². The Morgan fingerprint density at radius 2 is 2.12 bits per heavy atom. The van der Waals surface area contributed by atoms with Crippen molar-refractivity contribution < 1.29 is 4.52 Å². The van der Waals surface area contributed by atoms with Crippen molar-refractivity contribution in [3.63, 3.8) is 0 Å². The van der Waals surface area contributed by atoms with Gasteiger partial charge in [-0.25, -0.2) is 4.98 Å². The maximum absolute atomic E-state index is 4.88. The molecular weight excluding hydrogens is 423 g/mol. The van der Waals surface area contributed by atoms with E-state index in [1.165, 1.54) is 0 Å². The number of hydrogen-bond acceptors (Lipinski definition) is 6. The van der Waals surface area contributed by atoms with E-state index in [-0.39, 0.29) is 24.0 Å². The predicted molar refractivity (Wildman–Crippen MR) is 100.0 cm³/mol. The fraction of sp³-hybridized carbons (Fsp3) is 0.571. The van der Waals surface area contributed by atoms with Crippen LogP contribution in [0.5, 0.6) is 0 Å². The molecule has 1 aliphatic heterocycles. The summed E-state index contributed by atoms with van der Waals surface area (Å²) in [6.45, 7) is 5.24. The summed E-state index contributed by atoms with van der Waals surface area (Å²) in [5.74, 6) is 1.78. The Kier molecular flexibility index (Phi) is 6.97. The van der Waals surface area contributed by atoms with Crippen molar-refractivity contribution in [2.24, 2.45) is 12.0 Å². The topological polar surface area (TPSA) is 87.6 Å². The van der Waals surface area contributed by atoms with Gasteiger partial charge in [0.2, 0.25) is 0 Å². The zero-order chi connectivity index (χ0) is 16.1. The molecule has 0 atom stereocenters. The van der Waals surface area contributed by atoms with E-state index in [1.54, 1.807) is 24.3 Å². The number of nitrogens with zero attached hydrogens (tertiary/aromatic N) is 7. The minimum atomic E-state index is 0. The summed E-state index contributed by atoms with van der Waals surface area (Å²) in [5, 5.41) is 11.4. The lowest BCUT2D eigenvalue weighted by Crippen LogP contribution is -2.52. The van der Waals surface area contributed by atoms with Crippen LogP contribution in [0.4, 0.5) is 0 Å². The van der Waals surface area contributed by atoms with Crippen LogP contribution >= 0.6 is 24.0 Å². The average molecular weight is 446 g/mol. The van der Waals surface area contributed by atoms with Crippen LogP contribution in [0.2, 0.25) is 0 Å². The van der Waals surface area contributed by atoms with Crippen molar-refractivity contribution in [1.29, 1.82) is 0 Å². The summed E-state index contributed by atoms with van der Waals surface area (Å²) < 4.78 is 6.64. The fourth-order valence-electron chi connectivity index (χ4n) is 2.64. The molecule has 2 aromatic heterocycles. The normalized spacial score (nSPS) is 16.1. The first kappa shape index (κ1) is 18.6. The third-order valence-corrected chi connectivity index (χ3v) is 3.97. The van der Waals surface area contributed by atoms with Gasteiger partial charge in [-0.05, 0) is 0 Å². The molecule has 0 bridgehead atoms. The van der Waals surface area contributed by atoms with Gasteiger partial charge < -0.3 is 14.7 Å². The van der Waals surface area contributed by atoms with Gasteiger partial charge in [0.05, 0.1) is 12.2 Å². The first-order valence-corrected chi connectivity index (χ1v) is 7.66. The smallest absolute Gasteiger partial charge is 0.194 e. The molecule has 24 heavy (non-hydrogen) atoms. The summed E-state index contributed by atoms with van der Waals surface area (Å²) in [5.41, 5.74) is 0.975. The SMILES string of the molecule is CN=C(NCc1ncnn1C)N1CCN(Cc2ccon2)CC1.I. The van der Waals surface area contributed by atoms with E-state index in [9.17, 15) is 0 Å². The van der Waals surface area contributed by atoms with Gasteiger partial charge in [0.15, 0.2) is 5.96 Å². The number of aliphatic imine (C=N–C) groups is 1. The Balaban J connectivity index is 0.00000208. The highest BCUT2D eigenvalue weighted by atomic mass is 127. The van der Waals surface area contributed by atoms with Crippen LogP contribution in [0, 0.1) is 0 Å². The number of hydrogen-bond donors (Lipinski definition) is 1. The van der Waals surface area contributed by atoms with E-state index in [4.69, 9.17) is 4.52 Å². The molecule has 0 spiro atoms. The lowest BCUT2D eigenvalue weighted by Gasteiger charge is -2.36. The van der Waals surface area contributed by atoms with Crippen molar-refractivity contribution in [2.45, 2.75) is 13.1 Å². The average Bonchev–Trinajstić information content (AvgIpc) is 3.21. The molecular formula is C14H23IN8O. The molecule has 0 aliphatic carbocycles. The molecule has 10 heteroatoms. The largest absolute Gasteiger partial charge is 0.364 e. The Hall–Kier alpha value is -1.69. The van der Waals surface area contributed by atoms with Crippen molar-refractivity contribution in [3.05, 3.63) is 30.2 Å². The summed E-state index contributed by atoms with van der Waals surface area (Å²) >= 11 is 0. The molecule has 1 N–H and O–H groups in total. The number of aromatic nitrogens is 4. The number of piperazine rings is 1. The maximum atomic E-state index is 4.88. The molecule has 1 aliphatic rings. The van der Waals surface area contributed by atoms with E-state index in [0.29, 0.717) is 6.54 Å². The molecule has 0 amide bonds. The van der Waals surface area contributed by atoms with Crippen LogP contribution in [0.15, 0.2) is 28.2 Å². The summed E-state index contributed by atoms with van der Waals surface area (Å²) in [6.07, 6.45) is 3.17. The number of halogens is 1. The van der Waals surface area contributed by atoms with E-state index >= 15 is 0 Å². The standard InChI is InChI=1S/C14H22N8O.HI/c1-15-14(16-9-13-17-11-18-20(13)2)22-6-4-21(5-7-22)10-12-3-8-23-19-12;/h3,8,11H,4-7,9-10H2,1-2H3,(H,15,16);1H. The Labute approximate surface area is 158 Å². The number of aryl methyl sites for hydroxylation is 1. The van der Waals surface area contributed by atoms with E-state index < -0.39 is 0 Å². The second-order valence-electron chi connectivity index (χ2n) is 5.45. The van der Waals surface area contributed by atoms with Crippen molar-refractivity contribution in [1.82, 2.24) is 35.0 Å². The lowest BCUT2D eigenvalue weighted by molar-refractivity contribution is 0.169. The highest BCUT2D eigenvalue weighted by Crippen LogP contribution is 2.07. The molecule has 0 saturated carbocycles. The zero-order valence-corrected chi connectivity index (χ0v) is 16.3. The zero-order valence-electron chi connectivity index (χ0n) is 13.9. The second-order valence-corrected chi connectivity index (χ2v) is 5.45. The number of rotatable bonds is 4. The van der Waals surface area contributed by atoms with Gasteiger partial charge in [-0.15, -0.1) is 24.0 Å². The van der Waals surface area contributed by atoms with Crippen molar-refractivity contribution in [3.8, 4) is 0 Å². The molecule has 0 unspecified atom stereocenters. The van der Waals surface area contributed by atoms with Crippen LogP contribution in [0.1, 0.15) is 11.5 Å². The van der Waals surface area contributed by atoms with Crippen LogP contribution in [-0.4, -0.2) is 68.9 Å². The second kappa shape index (κ2) is 8.97. The van der Waals surface area contributed by atoms with Crippen LogP contribution < -0.4 is 5.32 Å². The predicted octanol–water partition coefficient (Wildman–Crippen LogP) is 0.314. The molecule has 0 radical (unpaired) electrons. The fourth-order valence-corrected chi connectivity index (χ4v) is 2.64. The van der Waals surface area contributed by atoms with Gasteiger partial charge in [0, 0.05) is 52.9 Å². The van der Waals surface area contributed by atoms with Crippen molar-refractivity contribution in [2.75, 3.05) is 33.2 Å². The minimum Gasteiger partial charge on any atom is -0.364 e. The van der Waals surface area contributed by atoms with Gasteiger partial charge in [0.1, 0.15) is 18.4 Å². The van der Waals surface area contributed by atoms with Gasteiger partial charge in [-0.1, -0.05) is 5.16 Å². The molecule has 3 rings (SSSR count). The highest BCUT2D eigenvalue weighted by Gasteiger charge is 2.20. The van der Waals surface area contributed by atoms with Crippen LogP contribution in [0.25, 0.3) is 0 Å². The van der Waals surface area contributed by atoms with E-state index in [1.807, 2.05) is 13.1 Å². The van der Waals surface area contributed by atoms with Gasteiger partial charge in [-0.2, -0.15) is 5.10 Å². The molecule has 1 fully saturated rings. The Morgan fingerprint density at radius 1 is 1.33 bits per heavy atom. The summed E-state index contributed by atoms with van der Waals surface area (Å²) in [6, 6.07) is 1.91. The third kappa shape index (κ3) is 4.66. The molecule has 0 aromatic carbocycles. The molecule has 9 nitrogen and oxygen atoms in total. The summed E-state index contributed by atoms with van der Waals surface area (Å²) in [4.78, 5) is 13.2. The van der Waals surface area contributed by atoms with E-state index in [0.717, 1.165) is 50.2 Å². The lowest BCUT2D eigenvalue weighted by atomic mass is 10.3. The van der Waals surface area contributed by atoms with E-state index in [2.05, 4.69) is 35.3 Å². The van der Waals surface area contributed by atoms with Gasteiger partial charge in [0.25, 0.3) is 0 Å². The first-order valence-electron chi connectivity index (χ1n) is 7.66. The molecule has 3 heterocycles. The van der Waals surface area contributed by atoms with Gasteiger partial charge in [-0.3, -0.25) is 14.6 Å². The van der Waals surface area contributed by atoms with Gasteiger partial charge >= 0.3 is 0 Å². The van der Waals surface area contributed by atoms with Crippen LogP contribution in [0.3, 0.4) is 0 Å². The number of guanidine groups is 1. The third-order valence-electron chi connectivity index (χ3n) is 3.97. The Morgan fingerprint density at radius 3 is 2.71 bits per heavy atom. The highest BCUT2D eigenvalue weighted by molar-refractivity contribution is 14.0. The number of nitrogens with one attached hydrogen (secondary N) is 1. The molecule has 132 valence electrons. The minimum absolute atomic E-state index is 0. The quantitative estimate of drug-likeness (QED) is 0.411. The summed E-state index contributed by atoms with van der Waals surface area (Å²) in [7, 11) is 3.69. The molecule has 1 saturated heterocycles. The molecule has 2 aromatic rings.